The van der Waals surface area contributed by atoms with Crippen molar-refractivity contribution in [3.8, 4) is 34.5 Å². The summed E-state index contributed by atoms with van der Waals surface area (Å²) < 4.78 is 38.6. The summed E-state index contributed by atoms with van der Waals surface area (Å²) in [5.74, 6) is 1.02. The monoisotopic (exact) mass is 1720 g/mol. The summed E-state index contributed by atoms with van der Waals surface area (Å²) in [6, 6.07) is 22.8. The molecule has 0 bridgehead atoms. The number of carbonyl (C=O) groups is 9. The minimum absolute atomic E-state index is 0.0618. The van der Waals surface area contributed by atoms with Gasteiger partial charge in [0.05, 0.1) is 38.6 Å². The van der Waals surface area contributed by atoms with Crippen LogP contribution in [0, 0.1) is 0 Å². The first-order valence-electron chi connectivity index (χ1n) is 41.4. The van der Waals surface area contributed by atoms with Crippen molar-refractivity contribution in [3.05, 3.63) is 131 Å². The van der Waals surface area contributed by atoms with Crippen LogP contribution in [0.25, 0.3) is 21.8 Å². The number of carbonyl (C=O) groups excluding carboxylic acids is 9. The van der Waals surface area contributed by atoms with E-state index in [1.54, 1.807) is 36.2 Å². The summed E-state index contributed by atoms with van der Waals surface area (Å²) in [6.45, 7) is 26.9. The molecule has 4 aromatic carbocycles. The fourth-order valence-corrected chi connectivity index (χ4v) is 14.6. The maximum atomic E-state index is 12.9. The lowest BCUT2D eigenvalue weighted by molar-refractivity contribution is -0.198. The molecule has 16 rings (SSSR count). The SMILES string of the molecule is CC(C)(C)OC(=O)N1CCN(Cc2ccc(O)cc2)CC1.COc1c(OCCCN2CCN(C(=O)Oc3ccc(CN4CCNCC4)cc3)CC2)ccc2c3n(c(=NC(=O)c4cnc(N)nc4)nc12)CCN3.COc1c(OCCCN2CCNCC2)ccc2c3n(c(=NC(=O)c4cnc(N)nc4)nc12)CCN3.O=C(ON1C(=O)CCC1=O)ON1C(=O)CCC1=O. The van der Waals surface area contributed by atoms with Gasteiger partial charge in [-0.3, -0.25) is 62.3 Å². The molecule has 0 aliphatic carbocycles. The summed E-state index contributed by atoms with van der Waals surface area (Å²) in [4.78, 5) is 161. The van der Waals surface area contributed by atoms with E-state index in [0.29, 0.717) is 105 Å². The predicted octanol–water partition coefficient (Wildman–Crippen LogP) is 3.54. The van der Waals surface area contributed by atoms with E-state index in [-0.39, 0.29) is 88.0 Å². The van der Waals surface area contributed by atoms with Gasteiger partial charge >= 0.3 is 18.3 Å². The quantitative estimate of drug-likeness (QED) is 0.0399. The maximum absolute atomic E-state index is 12.9. The summed E-state index contributed by atoms with van der Waals surface area (Å²) in [7, 11) is 3.16. The van der Waals surface area contributed by atoms with Gasteiger partial charge in [-0.25, -0.2) is 39.5 Å². The van der Waals surface area contributed by atoms with Gasteiger partial charge in [-0.2, -0.15) is 14.8 Å². The molecule has 42 nitrogen and oxygen atoms in total. The highest BCUT2D eigenvalue weighted by Gasteiger charge is 2.38. The van der Waals surface area contributed by atoms with E-state index in [1.807, 2.05) is 90.6 Å². The Labute approximate surface area is 718 Å². The Morgan fingerprint density at radius 2 is 0.872 bits per heavy atom. The van der Waals surface area contributed by atoms with Crippen LogP contribution in [0.15, 0.2) is 108 Å². The van der Waals surface area contributed by atoms with Gasteiger partial charge < -0.3 is 81.0 Å². The number of hydrogen-bond acceptors (Lipinski definition) is 34. The van der Waals surface area contributed by atoms with Crippen molar-refractivity contribution in [2.75, 3.05) is 180 Å². The molecule has 12 heterocycles. The Bertz CT molecular complexity index is 5270. The average molecular weight is 1730 g/mol. The number of phenolic OH excluding ortho intramolecular Hbond substituents is 1. The lowest BCUT2D eigenvalue weighted by Gasteiger charge is -2.35. The van der Waals surface area contributed by atoms with E-state index in [9.17, 15) is 48.3 Å². The standard InChI is InChI=1S/C35H43N11O5.C23H29N9O3.C16H24N2O3.C9H8N2O7/c1-49-30-28(8-7-27-29(30)41-34(46-15-11-38-31(27)46)42-32(47)25-21-39-33(36)40-22-25)50-20-2-12-43-16-18-45(19-17-43)35(48)51-26-5-3-24(4-6-26)23-44-13-9-37-10-14-44;1-34-19-17(35-12-2-8-31-9-5-25-6-10-31)4-3-16-18(19)29-23(32-11-7-26-20(16)32)30-21(33)15-13-27-22(24)28-14-15;1-16(2,3)21-15(20)18-10-8-17(9-11-18)12-13-4-6-14(19)7-5-13;12-5-1-2-6(13)10(5)17-9(16)18-11-7(14)3-4-8(11)15/h3-8,21-22,37-38H,2,9-20,23H2,1H3,(H2,36,39,40);3-4,13-14,25-26H,2,5-12H2,1H3,(H2,24,27,28);4-7,19H,8-12H2,1-3H3;1-4H2. The van der Waals surface area contributed by atoms with Crippen molar-refractivity contribution in [1.29, 1.82) is 0 Å². The number of nitrogens with one attached hydrogen (secondary N) is 4. The van der Waals surface area contributed by atoms with Crippen LogP contribution in [0.2, 0.25) is 0 Å². The third kappa shape index (κ3) is 24.0. The van der Waals surface area contributed by atoms with Crippen molar-refractivity contribution in [2.24, 2.45) is 9.98 Å². The molecule has 42 heteroatoms. The number of hydroxylamine groups is 4. The number of phenols is 1. The highest BCUT2D eigenvalue weighted by molar-refractivity contribution is 6.03. The number of rotatable bonds is 21. The molecule has 6 saturated heterocycles. The number of aromatic nitrogens is 8. The van der Waals surface area contributed by atoms with Crippen LogP contribution in [0.4, 0.5) is 37.9 Å². The van der Waals surface area contributed by atoms with Crippen molar-refractivity contribution < 1.29 is 86.4 Å². The minimum atomic E-state index is -1.48. The number of nitrogens with zero attached hydrogens (tertiary/aromatic N) is 18. The van der Waals surface area contributed by atoms with E-state index < -0.39 is 47.2 Å². The molecule has 125 heavy (non-hydrogen) atoms. The first-order valence-corrected chi connectivity index (χ1v) is 41.4. The topological polar surface area (TPSA) is 486 Å². The number of amides is 8. The van der Waals surface area contributed by atoms with Gasteiger partial charge in [-0.1, -0.05) is 34.4 Å². The zero-order valence-electron chi connectivity index (χ0n) is 70.5. The van der Waals surface area contributed by atoms with Crippen LogP contribution >= 0.6 is 0 Å². The highest BCUT2D eigenvalue weighted by Crippen LogP contribution is 2.39. The van der Waals surface area contributed by atoms with Crippen LogP contribution in [0.3, 0.4) is 0 Å². The summed E-state index contributed by atoms with van der Waals surface area (Å²) in [5, 5.41) is 25.0. The second-order valence-electron chi connectivity index (χ2n) is 31.0. The smallest absolute Gasteiger partial charge is 0.508 e. The summed E-state index contributed by atoms with van der Waals surface area (Å²) >= 11 is 0. The van der Waals surface area contributed by atoms with Crippen LogP contribution < -0.4 is 67.7 Å². The molecule has 0 saturated carbocycles. The van der Waals surface area contributed by atoms with Gasteiger partial charge in [0.15, 0.2) is 23.0 Å². The minimum Gasteiger partial charge on any atom is -0.508 e. The molecular weight excluding hydrogens is 1620 g/mol. The van der Waals surface area contributed by atoms with Gasteiger partial charge in [0.2, 0.25) is 23.1 Å². The van der Waals surface area contributed by atoms with E-state index >= 15 is 0 Å². The number of fused-ring (bicyclic) bond motifs is 6. The number of methoxy groups -OCH3 is 2. The van der Waals surface area contributed by atoms with Crippen molar-refractivity contribution in [3.63, 3.8) is 0 Å². The number of hydrogen-bond donors (Lipinski definition) is 7. The molecule has 664 valence electrons. The van der Waals surface area contributed by atoms with Crippen LogP contribution in [-0.4, -0.2) is 301 Å². The summed E-state index contributed by atoms with van der Waals surface area (Å²) in [5.41, 5.74) is 15.1. The second kappa shape index (κ2) is 42.2. The first-order chi connectivity index (χ1) is 60.4. The first kappa shape index (κ1) is 89.5. The fourth-order valence-electron chi connectivity index (χ4n) is 14.6. The molecule has 8 aliphatic heterocycles. The third-order valence-electron chi connectivity index (χ3n) is 21.1. The van der Waals surface area contributed by atoms with E-state index in [1.165, 1.54) is 35.9 Å². The molecule has 0 unspecified atom stereocenters. The van der Waals surface area contributed by atoms with Gasteiger partial charge in [0, 0.05) is 218 Å². The number of ether oxygens (including phenoxy) is 6. The van der Waals surface area contributed by atoms with Crippen molar-refractivity contribution in [2.45, 2.75) is 91.1 Å². The van der Waals surface area contributed by atoms with E-state index in [4.69, 9.17) is 49.9 Å². The molecular formula is C83H104N24O18. The number of aromatic hydroxyl groups is 1. The van der Waals surface area contributed by atoms with E-state index in [0.717, 1.165) is 140 Å². The van der Waals surface area contributed by atoms with Gasteiger partial charge in [-0.05, 0) is 93.3 Å². The van der Waals surface area contributed by atoms with Crippen LogP contribution in [0.1, 0.15) is 91.1 Å². The Balaban J connectivity index is 0.000000156. The molecule has 4 aromatic heterocycles. The number of piperazine rings is 4. The number of anilines is 4. The molecule has 6 fully saturated rings. The number of nitrogen functional groups attached to an aromatic ring is 2. The predicted molar refractivity (Wildman–Crippen MR) is 451 cm³/mol. The molecule has 0 spiro atoms. The molecule has 0 atom stereocenters. The zero-order chi connectivity index (χ0) is 88.1. The van der Waals surface area contributed by atoms with Crippen molar-refractivity contribution >= 4 is 99.1 Å². The lowest BCUT2D eigenvalue weighted by Crippen LogP contribution is -2.49. The van der Waals surface area contributed by atoms with Crippen molar-refractivity contribution in [1.82, 2.24) is 89.2 Å². The largest absolute Gasteiger partial charge is 0.560 e. The molecule has 9 N–H and O–H groups in total. The highest BCUT2D eigenvalue weighted by atomic mass is 16.9. The maximum Gasteiger partial charge on any atom is 0.560 e. The third-order valence-corrected chi connectivity index (χ3v) is 21.1. The molecule has 8 aliphatic rings. The number of benzene rings is 4. The molecule has 8 aromatic rings. The Morgan fingerprint density at radius 1 is 0.480 bits per heavy atom. The zero-order valence-corrected chi connectivity index (χ0v) is 70.5. The second-order valence-corrected chi connectivity index (χ2v) is 31.0. The number of nitrogens with two attached hydrogens (primary N) is 2. The van der Waals surface area contributed by atoms with Gasteiger partial charge in [0.1, 0.15) is 39.8 Å². The number of imide groups is 2. The van der Waals surface area contributed by atoms with Crippen LogP contribution in [-0.2, 0) is 59.8 Å². The lowest BCUT2D eigenvalue weighted by atomic mass is 10.2. The Morgan fingerprint density at radius 3 is 1.30 bits per heavy atom. The summed E-state index contributed by atoms with van der Waals surface area (Å²) in [6.07, 6.45) is 4.80. The normalized spacial score (nSPS) is 17.1. The fraction of sp³-hybridized carbons (Fsp3) is 0.458. The van der Waals surface area contributed by atoms with Gasteiger partial charge in [-0.15, -0.1) is 0 Å². The van der Waals surface area contributed by atoms with E-state index in [2.05, 4.69) is 80.5 Å². The molecule has 8 amide bonds. The Hall–Kier alpha value is -13.3. The average Bonchev–Trinajstić information content (AvgIpc) is 1.70. The molecule has 0 radical (unpaired) electrons. The Kier molecular flexibility index (Phi) is 30.2. The van der Waals surface area contributed by atoms with Gasteiger partial charge in [0.25, 0.3) is 35.4 Å². The van der Waals surface area contributed by atoms with Crippen LogP contribution in [0.5, 0.6) is 34.5 Å².